The number of Topliss-reactive ketones (excluding diaryl/α,β-unsaturated/α-hetero) is 1. The van der Waals surface area contributed by atoms with Crippen LogP contribution in [0.15, 0.2) is 18.2 Å². The first kappa shape index (κ1) is 16.0. The molecule has 21 heavy (non-hydrogen) atoms. The van der Waals surface area contributed by atoms with Crippen molar-refractivity contribution in [3.63, 3.8) is 0 Å². The Morgan fingerprint density at radius 1 is 1.14 bits per heavy atom. The number of carbonyl (C=O) groups is 1. The van der Waals surface area contributed by atoms with Crippen molar-refractivity contribution in [1.82, 2.24) is 0 Å². The van der Waals surface area contributed by atoms with Crippen molar-refractivity contribution in [2.75, 3.05) is 14.2 Å². The van der Waals surface area contributed by atoms with Gasteiger partial charge in [0, 0.05) is 19.1 Å². The second kappa shape index (κ2) is 7.08. The molecule has 2 rings (SSSR count). The van der Waals surface area contributed by atoms with E-state index < -0.39 is 5.60 Å². The third-order valence-electron chi connectivity index (χ3n) is 4.60. The highest BCUT2D eigenvalue weighted by Crippen LogP contribution is 2.33. The fourth-order valence-electron chi connectivity index (χ4n) is 3.28. The lowest BCUT2D eigenvalue weighted by molar-refractivity contribution is -0.142. The highest BCUT2D eigenvalue weighted by Gasteiger charge is 2.38. The topological polar surface area (TPSA) is 35.5 Å². The monoisotopic (exact) mass is 290 g/mol. The van der Waals surface area contributed by atoms with Crippen molar-refractivity contribution in [3.05, 3.63) is 29.3 Å². The maximum absolute atomic E-state index is 12.9. The molecule has 116 valence electrons. The molecule has 0 saturated heterocycles. The van der Waals surface area contributed by atoms with Crippen molar-refractivity contribution >= 4 is 5.78 Å². The van der Waals surface area contributed by atoms with Crippen molar-refractivity contribution in [2.45, 2.75) is 57.5 Å². The quantitative estimate of drug-likeness (QED) is 0.773. The average Bonchev–Trinajstić information content (AvgIpc) is 2.74. The van der Waals surface area contributed by atoms with Crippen molar-refractivity contribution in [3.8, 4) is 5.75 Å². The predicted molar refractivity (Wildman–Crippen MR) is 83.9 cm³/mol. The van der Waals surface area contributed by atoms with Gasteiger partial charge in [0.1, 0.15) is 11.4 Å². The molecule has 0 heterocycles. The minimum Gasteiger partial charge on any atom is -0.496 e. The van der Waals surface area contributed by atoms with Gasteiger partial charge in [-0.1, -0.05) is 43.4 Å². The first-order chi connectivity index (χ1) is 10.1. The molecule has 0 amide bonds. The molecule has 0 spiro atoms. The van der Waals surface area contributed by atoms with Crippen LogP contribution in [-0.4, -0.2) is 25.6 Å². The number of hydrogen-bond acceptors (Lipinski definition) is 3. The first-order valence-corrected chi connectivity index (χ1v) is 7.83. The smallest absolute Gasteiger partial charge is 0.169 e. The Hall–Kier alpha value is -1.35. The van der Waals surface area contributed by atoms with Gasteiger partial charge < -0.3 is 9.47 Å². The van der Waals surface area contributed by atoms with Gasteiger partial charge in [-0.2, -0.15) is 0 Å². The van der Waals surface area contributed by atoms with Crippen LogP contribution in [0.5, 0.6) is 5.75 Å². The lowest BCUT2D eigenvalue weighted by Gasteiger charge is -2.30. The van der Waals surface area contributed by atoms with Gasteiger partial charge in [0.25, 0.3) is 0 Å². The summed E-state index contributed by atoms with van der Waals surface area (Å²) in [6.07, 6.45) is 6.62. The van der Waals surface area contributed by atoms with E-state index in [0.717, 1.165) is 42.6 Å². The molecule has 1 aliphatic carbocycles. The molecule has 0 radical (unpaired) electrons. The second-order valence-corrected chi connectivity index (χ2v) is 6.03. The Bertz CT molecular complexity index is 485. The van der Waals surface area contributed by atoms with E-state index in [-0.39, 0.29) is 5.78 Å². The molecule has 1 aromatic rings. The molecular formula is C18H26O3. The van der Waals surface area contributed by atoms with Gasteiger partial charge >= 0.3 is 0 Å². The minimum atomic E-state index is -0.592. The predicted octanol–water partition coefficient (Wildman–Crippen LogP) is 3.85. The third-order valence-corrected chi connectivity index (χ3v) is 4.60. The number of carbonyl (C=O) groups excluding carboxylic acids is 1. The summed E-state index contributed by atoms with van der Waals surface area (Å²) in [6.45, 7) is 2.03. The number of hydrogen-bond donors (Lipinski definition) is 0. The van der Waals surface area contributed by atoms with E-state index in [2.05, 4.69) is 0 Å². The Morgan fingerprint density at radius 3 is 2.38 bits per heavy atom. The van der Waals surface area contributed by atoms with E-state index in [1.165, 1.54) is 12.8 Å². The third kappa shape index (κ3) is 3.65. The van der Waals surface area contributed by atoms with Gasteiger partial charge in [-0.25, -0.2) is 0 Å². The van der Waals surface area contributed by atoms with E-state index in [4.69, 9.17) is 9.47 Å². The minimum absolute atomic E-state index is 0.191. The summed E-state index contributed by atoms with van der Waals surface area (Å²) in [5, 5.41) is 0. The summed E-state index contributed by atoms with van der Waals surface area (Å²) in [7, 11) is 3.33. The molecule has 0 N–H and O–H groups in total. The SMILES string of the molecule is COc1ccc(C)cc1CC(=O)C1(OC)CCCCCC1. The number of methoxy groups -OCH3 is 2. The van der Waals surface area contributed by atoms with Crippen LogP contribution in [-0.2, 0) is 16.0 Å². The molecule has 0 atom stereocenters. The van der Waals surface area contributed by atoms with Crippen molar-refractivity contribution < 1.29 is 14.3 Å². The van der Waals surface area contributed by atoms with Crippen LogP contribution in [0, 0.1) is 6.92 Å². The first-order valence-electron chi connectivity index (χ1n) is 7.83. The van der Waals surface area contributed by atoms with Gasteiger partial charge in [0.2, 0.25) is 0 Å². The van der Waals surface area contributed by atoms with E-state index in [1.54, 1.807) is 14.2 Å². The number of ether oxygens (including phenoxy) is 2. The van der Waals surface area contributed by atoms with Crippen LogP contribution in [0.3, 0.4) is 0 Å². The zero-order chi connectivity index (χ0) is 15.3. The molecule has 1 aliphatic rings. The maximum Gasteiger partial charge on any atom is 0.169 e. The zero-order valence-corrected chi connectivity index (χ0v) is 13.4. The molecule has 3 heteroatoms. The van der Waals surface area contributed by atoms with Gasteiger partial charge in [-0.15, -0.1) is 0 Å². The lowest BCUT2D eigenvalue weighted by atomic mass is 9.86. The number of rotatable bonds is 5. The lowest BCUT2D eigenvalue weighted by Crippen LogP contribution is -2.41. The Labute approximate surface area is 127 Å². The molecule has 0 aromatic heterocycles. The van der Waals surface area contributed by atoms with Crippen LogP contribution < -0.4 is 4.74 Å². The summed E-state index contributed by atoms with van der Waals surface area (Å²) < 4.78 is 11.1. The van der Waals surface area contributed by atoms with Gasteiger partial charge in [0.05, 0.1) is 7.11 Å². The maximum atomic E-state index is 12.9. The Kier molecular flexibility index (Phi) is 5.40. The largest absolute Gasteiger partial charge is 0.496 e. The fraction of sp³-hybridized carbons (Fsp3) is 0.611. The van der Waals surface area contributed by atoms with Crippen LogP contribution in [0.25, 0.3) is 0 Å². The molecule has 3 nitrogen and oxygen atoms in total. The molecule has 0 aliphatic heterocycles. The number of ketones is 1. The Morgan fingerprint density at radius 2 is 1.81 bits per heavy atom. The Balaban J connectivity index is 2.21. The molecule has 1 fully saturated rings. The summed E-state index contributed by atoms with van der Waals surface area (Å²) in [5.74, 6) is 0.977. The highest BCUT2D eigenvalue weighted by atomic mass is 16.5. The van der Waals surface area contributed by atoms with E-state index in [0.29, 0.717) is 6.42 Å². The van der Waals surface area contributed by atoms with Gasteiger partial charge in [-0.05, 0) is 25.8 Å². The molecule has 1 aromatic carbocycles. The molecular weight excluding hydrogens is 264 g/mol. The van der Waals surface area contributed by atoms with Crippen molar-refractivity contribution in [1.29, 1.82) is 0 Å². The average molecular weight is 290 g/mol. The summed E-state index contributed by atoms with van der Waals surface area (Å²) in [6, 6.07) is 5.98. The van der Waals surface area contributed by atoms with Crippen molar-refractivity contribution in [2.24, 2.45) is 0 Å². The van der Waals surface area contributed by atoms with Gasteiger partial charge in [-0.3, -0.25) is 4.79 Å². The number of benzene rings is 1. The number of aryl methyl sites for hydroxylation is 1. The summed E-state index contributed by atoms with van der Waals surface area (Å²) >= 11 is 0. The normalized spacial score (nSPS) is 18.0. The van der Waals surface area contributed by atoms with Gasteiger partial charge in [0.15, 0.2) is 5.78 Å². The standard InChI is InChI=1S/C18H26O3/c1-14-8-9-16(20-2)15(12-14)13-17(19)18(21-3)10-6-4-5-7-11-18/h8-9,12H,4-7,10-11,13H2,1-3H3. The van der Waals surface area contributed by atoms with E-state index in [1.807, 2.05) is 25.1 Å². The van der Waals surface area contributed by atoms with E-state index >= 15 is 0 Å². The second-order valence-electron chi connectivity index (χ2n) is 6.03. The molecule has 0 bridgehead atoms. The summed E-state index contributed by atoms with van der Waals surface area (Å²) in [5.41, 5.74) is 1.51. The van der Waals surface area contributed by atoms with E-state index in [9.17, 15) is 4.79 Å². The van der Waals surface area contributed by atoms with Crippen LogP contribution in [0.2, 0.25) is 0 Å². The molecule has 1 saturated carbocycles. The fourth-order valence-corrected chi connectivity index (χ4v) is 3.28. The zero-order valence-electron chi connectivity index (χ0n) is 13.4. The summed E-state index contributed by atoms with van der Waals surface area (Å²) in [4.78, 5) is 12.9. The highest BCUT2D eigenvalue weighted by molar-refractivity contribution is 5.89. The molecule has 0 unspecified atom stereocenters. The van der Waals surface area contributed by atoms with Crippen LogP contribution in [0.1, 0.15) is 49.7 Å². The van der Waals surface area contributed by atoms with Crippen LogP contribution in [0.4, 0.5) is 0 Å². The van der Waals surface area contributed by atoms with Crippen LogP contribution >= 0.6 is 0 Å².